The van der Waals surface area contributed by atoms with Gasteiger partial charge in [-0.2, -0.15) is 5.26 Å². The number of nitrogens with zero attached hydrogens (tertiary/aromatic N) is 2. The highest BCUT2D eigenvalue weighted by Crippen LogP contribution is 2.07. The van der Waals surface area contributed by atoms with Gasteiger partial charge in [0, 0.05) is 13.1 Å². The Hall–Kier alpha value is -1.81. The van der Waals surface area contributed by atoms with Crippen LogP contribution in [0, 0.1) is 17.2 Å². The van der Waals surface area contributed by atoms with Crippen molar-refractivity contribution in [1.82, 2.24) is 15.5 Å². The highest BCUT2D eigenvalue weighted by Gasteiger charge is 2.26. The number of morpholine rings is 1. The summed E-state index contributed by atoms with van der Waals surface area (Å²) in [5.74, 6) is -0.0671. The van der Waals surface area contributed by atoms with Crippen LogP contribution in [0.3, 0.4) is 0 Å². The Morgan fingerprint density at radius 3 is 2.38 bits per heavy atom. The fraction of sp³-hybridized carbons (Fsp3) is 0.786. The van der Waals surface area contributed by atoms with Crippen molar-refractivity contribution in [2.24, 2.45) is 5.92 Å². The number of nitrogens with one attached hydrogen (secondary N) is 2. The normalized spacial score (nSPS) is 17.8. The summed E-state index contributed by atoms with van der Waals surface area (Å²) >= 11 is 0. The average Bonchev–Trinajstić information content (AvgIpc) is 2.46. The molecule has 1 rings (SSSR count). The molecule has 1 fully saturated rings. The summed E-state index contributed by atoms with van der Waals surface area (Å²) in [4.78, 5) is 25.9. The number of hydrogen-bond acceptors (Lipinski definition) is 4. The van der Waals surface area contributed by atoms with Crippen LogP contribution >= 0.6 is 0 Å². The average molecular weight is 296 g/mol. The van der Waals surface area contributed by atoms with E-state index in [1.54, 1.807) is 11.8 Å². The van der Waals surface area contributed by atoms with Crippen LogP contribution in [0.5, 0.6) is 0 Å². The molecular formula is C14H24N4O3. The van der Waals surface area contributed by atoms with Gasteiger partial charge in [0.2, 0.25) is 5.91 Å². The van der Waals surface area contributed by atoms with Crippen molar-refractivity contribution < 1.29 is 14.3 Å². The summed E-state index contributed by atoms with van der Waals surface area (Å²) < 4.78 is 5.20. The molecule has 7 nitrogen and oxygen atoms in total. The Morgan fingerprint density at radius 2 is 1.86 bits per heavy atom. The molecule has 118 valence electrons. The molecule has 0 aliphatic carbocycles. The molecular weight excluding hydrogens is 272 g/mol. The molecule has 0 aromatic heterocycles. The smallest absolute Gasteiger partial charge is 0.318 e. The molecule has 2 N–H and O–H groups in total. The molecule has 21 heavy (non-hydrogen) atoms. The second kappa shape index (κ2) is 8.47. The molecule has 7 heteroatoms. The second-order valence-corrected chi connectivity index (χ2v) is 5.59. The summed E-state index contributed by atoms with van der Waals surface area (Å²) in [6.07, 6.45) is 0.528. The minimum absolute atomic E-state index is 0.253. The molecule has 1 aliphatic heterocycles. The molecule has 1 saturated heterocycles. The lowest BCUT2D eigenvalue weighted by Gasteiger charge is -2.29. The fourth-order valence-corrected chi connectivity index (χ4v) is 2.06. The summed E-state index contributed by atoms with van der Waals surface area (Å²) in [6.45, 7) is 7.64. The Bertz CT molecular complexity index is 400. The van der Waals surface area contributed by atoms with Crippen molar-refractivity contribution in [3.8, 4) is 6.07 Å². The lowest BCUT2D eigenvalue weighted by molar-refractivity contribution is -0.123. The molecule has 0 saturated carbocycles. The number of nitriles is 1. The Labute approximate surface area is 125 Å². The number of amides is 3. The van der Waals surface area contributed by atoms with E-state index < -0.39 is 12.1 Å². The third-order valence-electron chi connectivity index (χ3n) is 3.17. The van der Waals surface area contributed by atoms with Gasteiger partial charge in [0.05, 0.1) is 19.3 Å². The van der Waals surface area contributed by atoms with Crippen molar-refractivity contribution in [3.05, 3.63) is 0 Å². The Balaban J connectivity index is 2.62. The summed E-state index contributed by atoms with van der Waals surface area (Å²) in [5.41, 5.74) is 0. The molecule has 1 heterocycles. The quantitative estimate of drug-likeness (QED) is 0.771. The van der Waals surface area contributed by atoms with Crippen LogP contribution in [-0.4, -0.2) is 55.2 Å². The predicted octanol–water partition coefficient (Wildman–Crippen LogP) is 0.471. The molecule has 0 radical (unpaired) electrons. The first-order valence-electron chi connectivity index (χ1n) is 7.27. The van der Waals surface area contributed by atoms with Crippen molar-refractivity contribution in [2.75, 3.05) is 26.3 Å². The zero-order valence-electron chi connectivity index (χ0n) is 12.9. The van der Waals surface area contributed by atoms with Gasteiger partial charge in [-0.25, -0.2) is 4.79 Å². The number of carbonyl (C=O) groups is 2. The lowest BCUT2D eigenvalue weighted by atomic mass is 10.0. The van der Waals surface area contributed by atoms with Gasteiger partial charge in [0.1, 0.15) is 12.1 Å². The van der Waals surface area contributed by atoms with Crippen LogP contribution in [0.4, 0.5) is 4.79 Å². The maximum Gasteiger partial charge on any atom is 0.318 e. The monoisotopic (exact) mass is 296 g/mol. The van der Waals surface area contributed by atoms with Crippen LogP contribution in [0.2, 0.25) is 0 Å². The molecule has 0 unspecified atom stereocenters. The molecule has 1 aliphatic rings. The van der Waals surface area contributed by atoms with E-state index in [9.17, 15) is 9.59 Å². The van der Waals surface area contributed by atoms with Crippen molar-refractivity contribution >= 4 is 11.9 Å². The van der Waals surface area contributed by atoms with E-state index >= 15 is 0 Å². The van der Waals surface area contributed by atoms with E-state index in [-0.39, 0.29) is 17.9 Å². The number of urea groups is 1. The first-order chi connectivity index (χ1) is 9.93. The Morgan fingerprint density at radius 1 is 1.24 bits per heavy atom. The molecule has 0 aromatic rings. The van der Waals surface area contributed by atoms with Crippen LogP contribution in [0.15, 0.2) is 0 Å². The van der Waals surface area contributed by atoms with Crippen LogP contribution in [-0.2, 0) is 9.53 Å². The highest BCUT2D eigenvalue weighted by molar-refractivity contribution is 5.87. The highest BCUT2D eigenvalue weighted by atomic mass is 16.5. The van der Waals surface area contributed by atoms with Gasteiger partial charge in [0.25, 0.3) is 0 Å². The van der Waals surface area contributed by atoms with Crippen molar-refractivity contribution in [1.29, 1.82) is 5.26 Å². The van der Waals surface area contributed by atoms with Gasteiger partial charge in [-0.15, -0.1) is 0 Å². The number of ether oxygens (including phenoxy) is 1. The van der Waals surface area contributed by atoms with Gasteiger partial charge in [-0.05, 0) is 19.3 Å². The van der Waals surface area contributed by atoms with Crippen LogP contribution in [0.25, 0.3) is 0 Å². The summed E-state index contributed by atoms with van der Waals surface area (Å²) in [5, 5.41) is 14.1. The minimum Gasteiger partial charge on any atom is -0.378 e. The van der Waals surface area contributed by atoms with E-state index in [1.165, 1.54) is 0 Å². The standard InChI is InChI=1S/C14H24N4O3/c1-10(2)8-12(13(19)16-11(3)9-15)17-14(20)18-4-6-21-7-5-18/h10-12H,4-8H2,1-3H3,(H,16,19)(H,17,20)/t11-,12-/m0/s1. The molecule has 0 aromatic carbocycles. The summed E-state index contributed by atoms with van der Waals surface area (Å²) in [6, 6.07) is 0.484. The molecule has 0 bridgehead atoms. The van der Waals surface area contributed by atoms with Gasteiger partial charge >= 0.3 is 6.03 Å². The van der Waals surface area contributed by atoms with E-state index in [4.69, 9.17) is 10.00 Å². The molecule has 3 amide bonds. The van der Waals surface area contributed by atoms with Crippen molar-refractivity contribution in [3.63, 3.8) is 0 Å². The number of rotatable bonds is 5. The number of carbonyl (C=O) groups excluding carboxylic acids is 2. The predicted molar refractivity (Wildman–Crippen MR) is 77.4 cm³/mol. The van der Waals surface area contributed by atoms with E-state index in [0.717, 1.165) is 0 Å². The third-order valence-corrected chi connectivity index (χ3v) is 3.17. The lowest BCUT2D eigenvalue weighted by Crippen LogP contribution is -2.54. The maximum atomic E-state index is 12.2. The molecule has 2 atom stereocenters. The topological polar surface area (TPSA) is 94.5 Å². The fourth-order valence-electron chi connectivity index (χ4n) is 2.06. The first kappa shape index (κ1) is 17.2. The second-order valence-electron chi connectivity index (χ2n) is 5.59. The van der Waals surface area contributed by atoms with Crippen LogP contribution < -0.4 is 10.6 Å². The van der Waals surface area contributed by atoms with E-state index in [0.29, 0.717) is 32.7 Å². The van der Waals surface area contributed by atoms with Crippen molar-refractivity contribution in [2.45, 2.75) is 39.3 Å². The maximum absolute atomic E-state index is 12.2. The third kappa shape index (κ3) is 6.00. The van der Waals surface area contributed by atoms with Gasteiger partial charge in [-0.3, -0.25) is 4.79 Å². The van der Waals surface area contributed by atoms with Crippen LogP contribution in [0.1, 0.15) is 27.2 Å². The minimum atomic E-state index is -0.629. The van der Waals surface area contributed by atoms with Gasteiger partial charge in [0.15, 0.2) is 0 Å². The Kier molecular flexibility index (Phi) is 6.96. The number of hydrogen-bond donors (Lipinski definition) is 2. The summed E-state index contributed by atoms with van der Waals surface area (Å²) in [7, 11) is 0. The van der Waals surface area contributed by atoms with Gasteiger partial charge < -0.3 is 20.3 Å². The zero-order chi connectivity index (χ0) is 15.8. The SMILES string of the molecule is CC(C)C[C@H](NC(=O)N1CCOCC1)C(=O)N[C@@H](C)C#N. The van der Waals surface area contributed by atoms with E-state index in [1.807, 2.05) is 19.9 Å². The zero-order valence-corrected chi connectivity index (χ0v) is 12.9. The largest absolute Gasteiger partial charge is 0.378 e. The van der Waals surface area contributed by atoms with E-state index in [2.05, 4.69) is 10.6 Å². The first-order valence-corrected chi connectivity index (χ1v) is 7.27. The van der Waals surface area contributed by atoms with Gasteiger partial charge in [-0.1, -0.05) is 13.8 Å². The molecule has 0 spiro atoms.